The number of nitrogens with two attached hydrogens (primary N) is 1. The number of phosphoric ester groups is 1. The van der Waals surface area contributed by atoms with Crippen LogP contribution in [0.3, 0.4) is 0 Å². The van der Waals surface area contributed by atoms with Gasteiger partial charge in [0.15, 0.2) is 5.82 Å². The standard InChI is InChI=1S/C41H64N5O9P/c1-4-5-6-7-8-9-10-11-12-13-14-15-16-17-18-19-25-51-28-34(53-33-22-20-21-32(26-33)27-42)29-52-56(49,50)55-31(2)41(3)39(48)37(47)38(54-41)35-23-24-36-40(43)44-30-45-46(35)36/h20-24,26,30-31,34,37-39,47-48H,4-19,25,28-29H2,1-3H3,(H,49,50)(H2,43,44,45)/t31-,34+,37-,38-,39-,41+/m0/s1. The number of ether oxygens (including phenoxy) is 3. The van der Waals surface area contributed by atoms with Crippen LogP contribution in [0, 0.1) is 11.3 Å². The second kappa shape index (κ2) is 23.3. The van der Waals surface area contributed by atoms with E-state index in [1.165, 1.54) is 108 Å². The van der Waals surface area contributed by atoms with Crippen molar-refractivity contribution in [1.82, 2.24) is 14.6 Å². The average Bonchev–Trinajstić information content (AvgIpc) is 3.72. The molecule has 0 aliphatic carbocycles. The van der Waals surface area contributed by atoms with Crippen LogP contribution >= 0.6 is 7.82 Å². The summed E-state index contributed by atoms with van der Waals surface area (Å²) in [5.74, 6) is 0.605. The predicted octanol–water partition coefficient (Wildman–Crippen LogP) is 7.98. The topological polar surface area (TPSA) is 204 Å². The maximum atomic E-state index is 13.3. The van der Waals surface area contributed by atoms with Crippen molar-refractivity contribution in [2.45, 2.75) is 160 Å². The minimum Gasteiger partial charge on any atom is -0.486 e. The molecule has 1 fully saturated rings. The Morgan fingerprint density at radius 1 is 0.964 bits per heavy atom. The van der Waals surface area contributed by atoms with E-state index >= 15 is 0 Å². The van der Waals surface area contributed by atoms with Crippen LogP contribution < -0.4 is 10.5 Å². The lowest BCUT2D eigenvalue weighted by Crippen LogP contribution is -2.49. The summed E-state index contributed by atoms with van der Waals surface area (Å²) in [6.07, 6.45) is 15.7. The lowest BCUT2D eigenvalue weighted by molar-refractivity contribution is -0.133. The molecule has 0 bridgehead atoms. The Hall–Kier alpha value is -3.12. The van der Waals surface area contributed by atoms with Crippen LogP contribution in [0.15, 0.2) is 42.7 Å². The highest BCUT2D eigenvalue weighted by atomic mass is 31.2. The van der Waals surface area contributed by atoms with Crippen molar-refractivity contribution in [2.75, 3.05) is 25.6 Å². The van der Waals surface area contributed by atoms with Crippen LogP contribution in [-0.4, -0.2) is 79.5 Å². The van der Waals surface area contributed by atoms with Crippen molar-refractivity contribution in [1.29, 1.82) is 5.26 Å². The number of nitrogen functional groups attached to an aromatic ring is 1. The number of aromatic nitrogens is 3. The fraction of sp³-hybridized carbons (Fsp3) is 0.683. The molecule has 14 nitrogen and oxygen atoms in total. The Labute approximate surface area is 332 Å². The third-order valence-corrected chi connectivity index (χ3v) is 11.7. The minimum absolute atomic E-state index is 0.0673. The summed E-state index contributed by atoms with van der Waals surface area (Å²) < 4.78 is 43.7. The van der Waals surface area contributed by atoms with Gasteiger partial charge < -0.3 is 35.1 Å². The summed E-state index contributed by atoms with van der Waals surface area (Å²) >= 11 is 0. The molecule has 0 radical (unpaired) electrons. The highest BCUT2D eigenvalue weighted by molar-refractivity contribution is 7.47. The van der Waals surface area contributed by atoms with Crippen LogP contribution in [0.2, 0.25) is 0 Å². The Bertz CT molecular complexity index is 1690. The highest BCUT2D eigenvalue weighted by Gasteiger charge is 2.57. The van der Waals surface area contributed by atoms with Gasteiger partial charge in [0.05, 0.1) is 36.6 Å². The van der Waals surface area contributed by atoms with E-state index in [4.69, 9.17) is 29.0 Å². The molecule has 15 heteroatoms. The number of rotatable bonds is 28. The molecule has 3 aromatic rings. The van der Waals surface area contributed by atoms with Crippen LogP contribution in [0.4, 0.5) is 5.82 Å². The summed E-state index contributed by atoms with van der Waals surface area (Å²) in [6, 6.07) is 12.0. The van der Waals surface area contributed by atoms with Crippen molar-refractivity contribution >= 4 is 19.2 Å². The van der Waals surface area contributed by atoms with Gasteiger partial charge in [0.1, 0.15) is 47.6 Å². The number of benzene rings is 1. The second-order valence-electron chi connectivity index (χ2n) is 15.1. The molecule has 0 saturated carbocycles. The second-order valence-corrected chi connectivity index (χ2v) is 16.5. The largest absolute Gasteiger partial charge is 0.486 e. The first-order chi connectivity index (χ1) is 27.0. The molecule has 1 aliphatic rings. The van der Waals surface area contributed by atoms with E-state index in [9.17, 15) is 24.9 Å². The average molecular weight is 802 g/mol. The van der Waals surface area contributed by atoms with Gasteiger partial charge in [0.2, 0.25) is 0 Å². The lowest BCUT2D eigenvalue weighted by Gasteiger charge is -2.34. The number of anilines is 1. The van der Waals surface area contributed by atoms with Crippen LogP contribution in [0.1, 0.15) is 141 Å². The number of hydrogen-bond acceptors (Lipinski definition) is 12. The first-order valence-corrected chi connectivity index (χ1v) is 22.0. The van der Waals surface area contributed by atoms with Gasteiger partial charge in [-0.3, -0.25) is 9.05 Å². The van der Waals surface area contributed by atoms with E-state index in [1.807, 2.05) is 0 Å². The quantitative estimate of drug-likeness (QED) is 0.0407. The molecule has 5 N–H and O–H groups in total. The normalized spacial score (nSPS) is 21.8. The van der Waals surface area contributed by atoms with E-state index in [1.54, 1.807) is 36.4 Å². The van der Waals surface area contributed by atoms with Crippen molar-refractivity contribution < 1.29 is 42.9 Å². The van der Waals surface area contributed by atoms with Gasteiger partial charge in [0, 0.05) is 6.61 Å². The third-order valence-electron chi connectivity index (χ3n) is 10.6. The summed E-state index contributed by atoms with van der Waals surface area (Å²) in [6.45, 7) is 5.37. The Kier molecular flexibility index (Phi) is 19.0. The van der Waals surface area contributed by atoms with Gasteiger partial charge in [-0.1, -0.05) is 109 Å². The summed E-state index contributed by atoms with van der Waals surface area (Å²) in [4.78, 5) is 14.8. The number of hydrogen-bond donors (Lipinski definition) is 4. The van der Waals surface area contributed by atoms with Crippen LogP contribution in [0.25, 0.3) is 5.52 Å². The molecular formula is C41H64N5O9P. The first-order valence-electron chi connectivity index (χ1n) is 20.5. The molecule has 3 heterocycles. The Morgan fingerprint density at radius 2 is 1.59 bits per heavy atom. The SMILES string of the molecule is CCCCCCCCCCCCCCCCCCOC[C@H](COP(=O)(O)O[C@@H](C)[C@@]1(C)O[C@@H](c2ccc3c(N)ncnn23)[C@H](O)[C@@H]1O)Oc1cccc(C#N)c1. The number of unbranched alkanes of at least 4 members (excludes halogenated alkanes) is 15. The molecule has 56 heavy (non-hydrogen) atoms. The Balaban J connectivity index is 1.20. The van der Waals surface area contributed by atoms with E-state index in [0.29, 0.717) is 29.1 Å². The summed E-state index contributed by atoms with van der Waals surface area (Å²) in [5.41, 5.74) is 5.61. The summed E-state index contributed by atoms with van der Waals surface area (Å²) in [7, 11) is -4.77. The van der Waals surface area contributed by atoms with Crippen LogP contribution in [-0.2, 0) is 23.1 Å². The molecule has 7 atom stereocenters. The van der Waals surface area contributed by atoms with Gasteiger partial charge in [0.25, 0.3) is 0 Å². The van der Waals surface area contributed by atoms with E-state index in [-0.39, 0.29) is 19.0 Å². The molecule has 312 valence electrons. The zero-order valence-corrected chi connectivity index (χ0v) is 34.4. The number of nitrogens with zero attached hydrogens (tertiary/aromatic N) is 4. The van der Waals surface area contributed by atoms with Crippen molar-refractivity contribution in [3.63, 3.8) is 0 Å². The molecule has 0 amide bonds. The first kappa shape index (κ1) is 45.6. The van der Waals surface area contributed by atoms with Gasteiger partial charge in [-0.2, -0.15) is 10.4 Å². The molecule has 1 unspecified atom stereocenters. The van der Waals surface area contributed by atoms with Crippen molar-refractivity contribution in [2.24, 2.45) is 0 Å². The van der Waals surface area contributed by atoms with E-state index in [0.717, 1.165) is 19.3 Å². The third kappa shape index (κ3) is 13.8. The number of aliphatic hydroxyl groups is 2. The fourth-order valence-electron chi connectivity index (χ4n) is 7.10. The zero-order valence-electron chi connectivity index (χ0n) is 33.5. The molecule has 1 saturated heterocycles. The molecule has 1 aromatic carbocycles. The molecule has 0 spiro atoms. The van der Waals surface area contributed by atoms with Crippen LogP contribution in [0.5, 0.6) is 5.75 Å². The Morgan fingerprint density at radius 3 is 2.21 bits per heavy atom. The smallest absolute Gasteiger partial charge is 0.472 e. The molecule has 2 aromatic heterocycles. The van der Waals surface area contributed by atoms with Gasteiger partial charge in [-0.15, -0.1) is 0 Å². The minimum atomic E-state index is -4.77. The number of nitriles is 1. The van der Waals surface area contributed by atoms with Crippen molar-refractivity contribution in [3.05, 3.63) is 54.0 Å². The molecule has 1 aliphatic heterocycles. The zero-order chi connectivity index (χ0) is 40.4. The maximum Gasteiger partial charge on any atom is 0.472 e. The van der Waals surface area contributed by atoms with Gasteiger partial charge >= 0.3 is 7.82 Å². The highest BCUT2D eigenvalue weighted by Crippen LogP contribution is 2.50. The van der Waals surface area contributed by atoms with Crippen molar-refractivity contribution in [3.8, 4) is 11.8 Å². The van der Waals surface area contributed by atoms with Gasteiger partial charge in [-0.25, -0.2) is 14.1 Å². The molecule has 4 rings (SSSR count). The maximum absolute atomic E-state index is 13.3. The lowest BCUT2D eigenvalue weighted by atomic mass is 9.91. The molecular weight excluding hydrogens is 737 g/mol. The predicted molar refractivity (Wildman–Crippen MR) is 214 cm³/mol. The number of phosphoric acid groups is 1. The number of aliphatic hydroxyl groups excluding tert-OH is 2. The van der Waals surface area contributed by atoms with E-state index in [2.05, 4.69) is 23.1 Å². The van der Waals surface area contributed by atoms with Gasteiger partial charge in [-0.05, 0) is 50.6 Å². The monoisotopic (exact) mass is 801 g/mol. The fourth-order valence-corrected chi connectivity index (χ4v) is 8.13. The van der Waals surface area contributed by atoms with E-state index < -0.39 is 43.9 Å². The number of fused-ring (bicyclic) bond motifs is 1. The summed E-state index contributed by atoms with van der Waals surface area (Å²) in [5, 5.41) is 35.6.